The van der Waals surface area contributed by atoms with Gasteiger partial charge in [-0.25, -0.2) is 0 Å². The van der Waals surface area contributed by atoms with Crippen LogP contribution in [0.4, 0.5) is 0 Å². The van der Waals surface area contributed by atoms with Crippen LogP contribution in [-0.4, -0.2) is 309 Å². The lowest BCUT2D eigenvalue weighted by Gasteiger charge is -2.38. The average Bonchev–Trinajstić information content (AvgIpc) is 1.67. The molecule has 2 aromatic heterocycles. The topological polar surface area (TPSA) is 631 Å². The molecule has 139 heavy (non-hydrogen) atoms. The lowest BCUT2D eigenvalue weighted by molar-refractivity contribution is -0.147. The Kier molecular flexibility index (Phi) is 40.8. The number of aromatic nitrogens is 2. The number of phenolic OH excluding ortho intramolecular Hbond substituents is 1. The number of aromatic hydroxyl groups is 1. The molecule has 754 valence electrons. The number of likely N-dealkylation sites (N-methyl/N-ethyl adjacent to an activating group) is 3. The summed E-state index contributed by atoms with van der Waals surface area (Å²) in [5.74, 6) is -15.4. The molecule has 5 heterocycles. The van der Waals surface area contributed by atoms with Crippen LogP contribution < -0.4 is 86.2 Å². The molecule has 4 aromatic carbocycles. The number of hydrogen-bond acceptors (Lipinski definition) is 23. The number of guanidine groups is 1. The van der Waals surface area contributed by atoms with Crippen molar-refractivity contribution in [3.8, 4) is 22.8 Å². The molecule has 6 aromatic rings. The van der Waals surface area contributed by atoms with Crippen LogP contribution in [0.5, 0.6) is 11.5 Å². The van der Waals surface area contributed by atoms with Gasteiger partial charge in [-0.15, -0.1) is 11.8 Å². The maximum Gasteiger partial charge on any atom is 0.246 e. The Bertz CT molecular complexity index is 5380. The summed E-state index contributed by atoms with van der Waals surface area (Å²) in [6, 6.07) is 6.66. The van der Waals surface area contributed by atoms with Crippen molar-refractivity contribution in [1.82, 2.24) is 93.0 Å². The van der Waals surface area contributed by atoms with Crippen molar-refractivity contribution in [1.29, 1.82) is 5.41 Å². The van der Waals surface area contributed by atoms with E-state index in [1.54, 1.807) is 74.6 Å². The van der Waals surface area contributed by atoms with Gasteiger partial charge in [0.25, 0.3) is 0 Å². The maximum absolute atomic E-state index is 16.3. The second-order valence-electron chi connectivity index (χ2n) is 35.8. The third-order valence-corrected chi connectivity index (χ3v) is 26.2. The summed E-state index contributed by atoms with van der Waals surface area (Å²) >= 11 is 0.811. The highest BCUT2D eigenvalue weighted by Gasteiger charge is 2.45. The molecule has 3 saturated heterocycles. The van der Waals surface area contributed by atoms with E-state index in [1.165, 1.54) is 74.1 Å². The van der Waals surface area contributed by atoms with Crippen molar-refractivity contribution in [3.63, 3.8) is 0 Å². The Balaban J connectivity index is 1.12. The van der Waals surface area contributed by atoms with Crippen LogP contribution in [0.2, 0.25) is 0 Å². The number of para-hydroxylation sites is 2. The SMILES string of the molecule is C=C1N[C@@H](CCCNC(=N)N)C(=O)N[C@H](C(=O)NCC(N)=O)CSCC(=O)N[C@@H](Cc2ccc(O)cc2)C(=O)N(C)[C@@H](C)C(=O)N[C@@H](CC(N)=O)C(=O)N2CCC[C@H]2C(=O)N[C@@H](CN)C(=O)N[C@@H](CC(C)C)C(=O)N2CCC[C@H]2C(=O)N[C@@H](Cc2c[nH]c3ccccc23)C(=O)N[C@@H](CO)C(=O)N[C@@H](Cc2c(-c3ccc(OC)cc3)[nH]c3ccccc23)C(=O)N(C)[C@@H](CCCC)C(=O)N(C)[C@H]1CCCC. The van der Waals surface area contributed by atoms with Crippen molar-refractivity contribution >= 4 is 134 Å². The quantitative estimate of drug-likeness (QED) is 0.0180. The van der Waals surface area contributed by atoms with E-state index < -0.39 is 211 Å². The van der Waals surface area contributed by atoms with Crippen LogP contribution in [0.3, 0.4) is 0 Å². The van der Waals surface area contributed by atoms with E-state index in [0.717, 1.165) is 21.6 Å². The van der Waals surface area contributed by atoms with E-state index in [2.05, 4.69) is 75.0 Å². The number of hydrogen-bond donors (Lipinski definition) is 20. The van der Waals surface area contributed by atoms with Crippen LogP contribution in [0.15, 0.2) is 116 Å². The highest BCUT2D eigenvalue weighted by Crippen LogP contribution is 2.34. The molecule has 0 unspecified atom stereocenters. The number of carbonyl (C=O) groups excluding carboxylic acids is 16. The van der Waals surface area contributed by atoms with Gasteiger partial charge in [0.1, 0.15) is 90.0 Å². The molecule has 42 nitrogen and oxygen atoms in total. The lowest BCUT2D eigenvalue weighted by Crippen LogP contribution is -2.62. The number of benzene rings is 4. The first-order valence-corrected chi connectivity index (χ1v) is 48.1. The molecule has 0 aliphatic carbocycles. The highest BCUT2D eigenvalue weighted by molar-refractivity contribution is 8.00. The van der Waals surface area contributed by atoms with Crippen molar-refractivity contribution < 1.29 is 91.7 Å². The third-order valence-electron chi connectivity index (χ3n) is 25.2. The standard InChI is InChI=1S/C96H135N23O19S/c1-11-13-27-75-54(5)105-66(26-19-39-102-96(100)101)85(127)114-74(84(126)104-49-80(99)123)51-139-52-81(124)106-69(43-56-31-35-59(121)36-32-56)91(133)115(7)55(6)83(125)109-71(46-79(98)122)94(136)119-41-21-30-77(119)90(132)112-72(47-97)87(129)110-68(42-53(3)4)93(135)118-40-20-29-76(118)89(131)108-67(44-58-48-103-64-24-17-15-22-61(58)64)86(128)113-73(50-120)88(130)111-70(92(134)117(9)78(28-14-12-2)95(137)116(75)8)45-63-62-23-16-18-25-65(62)107-82(63)57-33-37-60(138-10)38-34-57/h15-18,22-25,31-38,48,53,55,66-78,103,105,107,120-121H,5,11-14,19-21,26-30,39-47,49-52,97H2,1-4,6-10H3,(H2,98,122)(H2,99,123)(H,104,126)(H,106,124)(H,108,131)(H,109,125)(H,110,129)(H,111,130)(H,112,132)(H,113,128)(H,114,127)(H4,100,101,102)/t55-,66-,67-,68-,69-,70-,71-,72-,73-,74-,75-,76-,77-,78-/m0/s1. The van der Waals surface area contributed by atoms with E-state index in [0.29, 0.717) is 81.2 Å². The molecule has 3 aliphatic rings. The molecule has 24 N–H and O–H groups in total. The number of methoxy groups -OCH3 is 1. The molecule has 0 bridgehead atoms. The van der Waals surface area contributed by atoms with Crippen LogP contribution in [0.1, 0.15) is 141 Å². The minimum Gasteiger partial charge on any atom is -0.508 e. The Morgan fingerprint density at radius 2 is 1.12 bits per heavy atom. The largest absolute Gasteiger partial charge is 0.508 e. The molecule has 3 fully saturated rings. The Labute approximate surface area is 811 Å². The predicted molar refractivity (Wildman–Crippen MR) is 521 cm³/mol. The number of nitrogens with one attached hydrogen (secondary N) is 14. The monoisotopic (exact) mass is 1950 g/mol. The number of rotatable bonds is 27. The molecule has 9 rings (SSSR count). The van der Waals surface area contributed by atoms with Gasteiger partial charge in [0.15, 0.2) is 5.96 Å². The van der Waals surface area contributed by atoms with Crippen LogP contribution in [-0.2, 0) is 96.0 Å². The van der Waals surface area contributed by atoms with Gasteiger partial charge < -0.3 is 131 Å². The third kappa shape index (κ3) is 29.8. The Morgan fingerprint density at radius 1 is 0.568 bits per heavy atom. The Hall–Kier alpha value is -13.8. The fourth-order valence-electron chi connectivity index (χ4n) is 17.4. The minimum atomic E-state index is -1.87. The molecule has 16 amide bonds. The van der Waals surface area contributed by atoms with Crippen molar-refractivity contribution in [2.75, 3.05) is 79.1 Å². The van der Waals surface area contributed by atoms with Gasteiger partial charge in [0.05, 0.1) is 38.5 Å². The number of unbranched alkanes of at least 4 members (excludes halogenated alkanes) is 2. The number of phenols is 1. The van der Waals surface area contributed by atoms with Gasteiger partial charge in [-0.2, -0.15) is 0 Å². The summed E-state index contributed by atoms with van der Waals surface area (Å²) in [4.78, 5) is 249. The van der Waals surface area contributed by atoms with Gasteiger partial charge in [0, 0.05) is 112 Å². The molecule has 0 saturated carbocycles. The fraction of sp³-hybridized carbons (Fsp3) is 0.510. The predicted octanol–water partition coefficient (Wildman–Crippen LogP) is -0.244. The second kappa shape index (κ2) is 52.1. The van der Waals surface area contributed by atoms with E-state index in [9.17, 15) is 53.4 Å². The summed E-state index contributed by atoms with van der Waals surface area (Å²) in [6.07, 6.45) is 2.91. The molecule has 43 heteroatoms. The number of aliphatic hydroxyl groups excluding tert-OH is 1. The molecule has 14 atom stereocenters. The number of aliphatic hydroxyl groups is 1. The zero-order valence-corrected chi connectivity index (χ0v) is 81.0. The molecular weight excluding hydrogens is 1810 g/mol. The van der Waals surface area contributed by atoms with Gasteiger partial charge in [-0.1, -0.05) is 108 Å². The number of fused-ring (bicyclic) bond motifs is 4. The fourth-order valence-corrected chi connectivity index (χ4v) is 18.3. The summed E-state index contributed by atoms with van der Waals surface area (Å²) < 4.78 is 5.52. The van der Waals surface area contributed by atoms with Gasteiger partial charge in [-0.05, 0) is 141 Å². The van der Waals surface area contributed by atoms with Crippen LogP contribution >= 0.6 is 11.8 Å². The number of H-pyrrole nitrogens is 2. The molecular formula is C96H135N23O19S. The van der Waals surface area contributed by atoms with Crippen LogP contribution in [0.25, 0.3) is 33.1 Å². The number of nitrogens with zero attached hydrogens (tertiary/aromatic N) is 5. The normalized spacial score (nSPS) is 23.8. The summed E-state index contributed by atoms with van der Waals surface area (Å²) in [5, 5.41) is 60.9. The number of nitrogens with two attached hydrogens (primary N) is 4. The van der Waals surface area contributed by atoms with Gasteiger partial charge in [0.2, 0.25) is 94.5 Å². The number of primary amides is 2. The average molecular weight is 1950 g/mol. The first-order valence-electron chi connectivity index (χ1n) is 47.0. The second-order valence-corrected chi connectivity index (χ2v) is 36.8. The number of ether oxygens (including phenoxy) is 1. The highest BCUT2D eigenvalue weighted by atomic mass is 32.2. The lowest BCUT2D eigenvalue weighted by atomic mass is 9.96. The van der Waals surface area contributed by atoms with Crippen LogP contribution in [0, 0.1) is 11.3 Å². The minimum absolute atomic E-state index is 0.00525. The molecule has 0 spiro atoms. The van der Waals surface area contributed by atoms with Gasteiger partial charge in [-0.3, -0.25) is 82.1 Å². The van der Waals surface area contributed by atoms with Gasteiger partial charge >= 0.3 is 0 Å². The number of carbonyl (C=O) groups is 16. The van der Waals surface area contributed by atoms with E-state index >= 15 is 33.6 Å². The first-order chi connectivity index (χ1) is 66.3. The molecule has 0 radical (unpaired) electrons. The summed E-state index contributed by atoms with van der Waals surface area (Å²) in [7, 11) is 5.69. The zero-order valence-electron chi connectivity index (χ0n) is 80.1. The van der Waals surface area contributed by atoms with E-state index in [-0.39, 0.29) is 126 Å². The Morgan fingerprint density at radius 3 is 1.72 bits per heavy atom. The zero-order chi connectivity index (χ0) is 102. The first kappa shape index (κ1) is 109. The summed E-state index contributed by atoms with van der Waals surface area (Å²) in [6.45, 7) is 10.7. The number of amides is 16. The van der Waals surface area contributed by atoms with Crippen molar-refractivity contribution in [2.45, 2.75) is 228 Å². The smallest absolute Gasteiger partial charge is 0.246 e. The van der Waals surface area contributed by atoms with E-state index in [4.69, 9.17) is 33.1 Å². The van der Waals surface area contributed by atoms with E-state index in [1.807, 2.05) is 32.0 Å². The number of aromatic amines is 2. The maximum atomic E-state index is 16.3. The summed E-state index contributed by atoms with van der Waals surface area (Å²) in [5.41, 5.74) is 27.2. The van der Waals surface area contributed by atoms with Crippen molar-refractivity contribution in [3.05, 3.63) is 132 Å². The number of thioether (sulfide) groups is 1. The van der Waals surface area contributed by atoms with Crippen molar-refractivity contribution in [2.24, 2.45) is 28.9 Å². The molecule has 3 aliphatic heterocycles.